The van der Waals surface area contributed by atoms with Crippen LogP contribution in [-0.4, -0.2) is 6.21 Å². The SMILES string of the molecule is C/C(=C\C=C(\C=N)C(C)C)c1cc(F)cc(CCC(C)C)c1. The molecule has 0 aliphatic carbocycles. The highest BCUT2D eigenvalue weighted by Gasteiger charge is 2.04. The van der Waals surface area contributed by atoms with Crippen LogP contribution in [0, 0.1) is 23.1 Å². The fourth-order valence-corrected chi connectivity index (χ4v) is 2.20. The first-order chi connectivity index (χ1) is 10.3. The molecule has 0 spiro atoms. The second-order valence-electron chi connectivity index (χ2n) is 6.60. The summed E-state index contributed by atoms with van der Waals surface area (Å²) in [7, 11) is 0. The van der Waals surface area contributed by atoms with E-state index >= 15 is 0 Å². The lowest BCUT2D eigenvalue weighted by atomic mass is 9.97. The molecule has 0 unspecified atom stereocenters. The Morgan fingerprint density at radius 2 is 1.82 bits per heavy atom. The molecule has 0 saturated carbocycles. The van der Waals surface area contributed by atoms with Gasteiger partial charge in [0.1, 0.15) is 5.82 Å². The van der Waals surface area contributed by atoms with Crippen LogP contribution in [0.25, 0.3) is 5.57 Å². The van der Waals surface area contributed by atoms with Gasteiger partial charge in [-0.25, -0.2) is 4.39 Å². The number of nitrogens with one attached hydrogen (secondary N) is 1. The van der Waals surface area contributed by atoms with Gasteiger partial charge < -0.3 is 5.41 Å². The van der Waals surface area contributed by atoms with Gasteiger partial charge in [0.15, 0.2) is 0 Å². The van der Waals surface area contributed by atoms with Crippen LogP contribution in [0.1, 0.15) is 52.2 Å². The van der Waals surface area contributed by atoms with Crippen molar-refractivity contribution in [1.82, 2.24) is 0 Å². The van der Waals surface area contributed by atoms with Crippen LogP contribution in [0.3, 0.4) is 0 Å². The minimum Gasteiger partial charge on any atom is -0.308 e. The summed E-state index contributed by atoms with van der Waals surface area (Å²) in [5, 5.41) is 7.42. The van der Waals surface area contributed by atoms with Gasteiger partial charge in [0.25, 0.3) is 0 Å². The van der Waals surface area contributed by atoms with Crippen LogP contribution in [-0.2, 0) is 6.42 Å². The molecule has 1 N–H and O–H groups in total. The van der Waals surface area contributed by atoms with Crippen molar-refractivity contribution in [2.45, 2.75) is 47.5 Å². The van der Waals surface area contributed by atoms with Crippen LogP contribution >= 0.6 is 0 Å². The van der Waals surface area contributed by atoms with Gasteiger partial charge in [-0.1, -0.05) is 45.9 Å². The van der Waals surface area contributed by atoms with E-state index in [1.54, 1.807) is 12.1 Å². The molecule has 1 rings (SSSR count). The lowest BCUT2D eigenvalue weighted by molar-refractivity contribution is 0.581. The van der Waals surface area contributed by atoms with E-state index < -0.39 is 0 Å². The van der Waals surface area contributed by atoms with Crippen molar-refractivity contribution in [3.8, 4) is 0 Å². The summed E-state index contributed by atoms with van der Waals surface area (Å²) in [5.74, 6) is 0.757. The summed E-state index contributed by atoms with van der Waals surface area (Å²) in [6.45, 7) is 10.5. The second kappa shape index (κ2) is 8.67. The van der Waals surface area contributed by atoms with Gasteiger partial charge in [0, 0.05) is 6.21 Å². The third kappa shape index (κ3) is 5.97. The third-order valence-corrected chi connectivity index (χ3v) is 3.78. The van der Waals surface area contributed by atoms with Crippen LogP contribution in [0.2, 0.25) is 0 Å². The fourth-order valence-electron chi connectivity index (χ4n) is 2.20. The summed E-state index contributed by atoms with van der Waals surface area (Å²) >= 11 is 0. The monoisotopic (exact) mass is 301 g/mol. The normalized spacial score (nSPS) is 13.1. The minimum atomic E-state index is -0.177. The maximum Gasteiger partial charge on any atom is 0.124 e. The molecular formula is C20H28FN. The fraction of sp³-hybridized carbons (Fsp3) is 0.450. The van der Waals surface area contributed by atoms with Crippen molar-refractivity contribution in [2.75, 3.05) is 0 Å². The van der Waals surface area contributed by atoms with Gasteiger partial charge in [-0.05, 0) is 66.0 Å². The van der Waals surface area contributed by atoms with Crippen molar-refractivity contribution in [3.63, 3.8) is 0 Å². The zero-order valence-corrected chi connectivity index (χ0v) is 14.4. The van der Waals surface area contributed by atoms with Crippen molar-refractivity contribution in [2.24, 2.45) is 11.8 Å². The first-order valence-corrected chi connectivity index (χ1v) is 8.02. The Labute approximate surface area is 134 Å². The number of aryl methyl sites for hydroxylation is 1. The highest BCUT2D eigenvalue weighted by atomic mass is 19.1. The average Bonchev–Trinajstić information content (AvgIpc) is 2.44. The van der Waals surface area contributed by atoms with E-state index in [1.165, 1.54) is 6.21 Å². The highest BCUT2D eigenvalue weighted by Crippen LogP contribution is 2.20. The Bertz CT molecular complexity index is 565. The topological polar surface area (TPSA) is 23.9 Å². The molecule has 1 aromatic rings. The highest BCUT2D eigenvalue weighted by molar-refractivity contribution is 5.78. The molecular weight excluding hydrogens is 273 g/mol. The molecule has 0 aliphatic heterocycles. The quantitative estimate of drug-likeness (QED) is 0.468. The maximum absolute atomic E-state index is 13.8. The number of hydrogen-bond donors (Lipinski definition) is 1. The minimum absolute atomic E-state index is 0.177. The number of benzene rings is 1. The van der Waals surface area contributed by atoms with Crippen LogP contribution in [0.4, 0.5) is 4.39 Å². The molecule has 0 saturated heterocycles. The lowest BCUT2D eigenvalue weighted by Crippen LogP contribution is -1.95. The predicted octanol–water partition coefficient (Wildman–Crippen LogP) is 6.05. The molecule has 2 heteroatoms. The van der Waals surface area contributed by atoms with Crippen molar-refractivity contribution < 1.29 is 4.39 Å². The van der Waals surface area contributed by atoms with E-state index in [9.17, 15) is 4.39 Å². The number of hydrogen-bond acceptors (Lipinski definition) is 1. The zero-order chi connectivity index (χ0) is 16.7. The van der Waals surface area contributed by atoms with E-state index in [0.29, 0.717) is 11.8 Å². The Kier molecular flexibility index (Phi) is 7.23. The molecule has 0 radical (unpaired) electrons. The van der Waals surface area contributed by atoms with E-state index in [4.69, 9.17) is 5.41 Å². The third-order valence-electron chi connectivity index (χ3n) is 3.78. The van der Waals surface area contributed by atoms with Gasteiger partial charge in [-0.2, -0.15) is 0 Å². The average molecular weight is 301 g/mol. The first kappa shape index (κ1) is 18.3. The van der Waals surface area contributed by atoms with Crippen molar-refractivity contribution in [1.29, 1.82) is 5.41 Å². The molecule has 22 heavy (non-hydrogen) atoms. The van der Waals surface area contributed by atoms with Crippen LogP contribution in [0.15, 0.2) is 35.9 Å². The van der Waals surface area contributed by atoms with E-state index in [-0.39, 0.29) is 5.82 Å². The number of allylic oxidation sites excluding steroid dienone is 4. The molecule has 0 atom stereocenters. The Hall–Kier alpha value is -1.70. The van der Waals surface area contributed by atoms with Gasteiger partial charge in [0.05, 0.1) is 0 Å². The van der Waals surface area contributed by atoms with Gasteiger partial charge in [0.2, 0.25) is 0 Å². The van der Waals surface area contributed by atoms with Crippen molar-refractivity contribution in [3.05, 3.63) is 52.9 Å². The van der Waals surface area contributed by atoms with E-state index in [0.717, 1.165) is 35.1 Å². The zero-order valence-electron chi connectivity index (χ0n) is 14.4. The van der Waals surface area contributed by atoms with Gasteiger partial charge in [-0.3, -0.25) is 0 Å². The molecule has 1 nitrogen and oxygen atoms in total. The second-order valence-corrected chi connectivity index (χ2v) is 6.60. The molecule has 120 valence electrons. The summed E-state index contributed by atoms with van der Waals surface area (Å²) in [5.41, 5.74) is 3.96. The maximum atomic E-state index is 13.8. The molecule has 0 amide bonds. The summed E-state index contributed by atoms with van der Waals surface area (Å²) in [6.07, 6.45) is 7.28. The molecule has 0 heterocycles. The standard InChI is InChI=1S/C20H28FN/c1-14(2)6-8-17-10-19(12-20(21)11-17)16(5)7-9-18(13-22)15(3)4/h7,9-15,22H,6,8H2,1-5H3/b16-7+,18-9-,22-13?. The van der Waals surface area contributed by atoms with Crippen LogP contribution in [0.5, 0.6) is 0 Å². The predicted molar refractivity (Wildman–Crippen MR) is 94.9 cm³/mol. The molecule has 0 aliphatic rings. The largest absolute Gasteiger partial charge is 0.308 e. The lowest BCUT2D eigenvalue weighted by Gasteiger charge is -2.09. The van der Waals surface area contributed by atoms with Gasteiger partial charge >= 0.3 is 0 Å². The summed E-state index contributed by atoms with van der Waals surface area (Å²) in [6, 6.07) is 5.29. The smallest absolute Gasteiger partial charge is 0.124 e. The molecule has 0 aromatic heterocycles. The van der Waals surface area contributed by atoms with E-state index in [2.05, 4.69) is 33.8 Å². The Morgan fingerprint density at radius 1 is 1.14 bits per heavy atom. The van der Waals surface area contributed by atoms with Crippen LogP contribution < -0.4 is 0 Å². The Balaban J connectivity index is 3.02. The molecule has 0 bridgehead atoms. The molecule has 0 fully saturated rings. The summed E-state index contributed by atoms with van der Waals surface area (Å²) < 4.78 is 13.8. The number of halogens is 1. The number of rotatable bonds is 7. The van der Waals surface area contributed by atoms with E-state index in [1.807, 2.05) is 19.1 Å². The molecule has 1 aromatic carbocycles. The first-order valence-electron chi connectivity index (χ1n) is 8.02. The summed E-state index contributed by atoms with van der Waals surface area (Å²) in [4.78, 5) is 0. The van der Waals surface area contributed by atoms with Gasteiger partial charge in [-0.15, -0.1) is 0 Å². The van der Waals surface area contributed by atoms with Crippen molar-refractivity contribution >= 4 is 11.8 Å². The Morgan fingerprint density at radius 3 is 2.36 bits per heavy atom.